The first kappa shape index (κ1) is 12.2. The zero-order chi connectivity index (χ0) is 11.5. The van der Waals surface area contributed by atoms with Crippen LogP contribution in [0.1, 0.15) is 30.9 Å². The highest BCUT2D eigenvalue weighted by atomic mass is 79.9. The molecule has 0 aromatic heterocycles. The number of benzene rings is 1. The van der Waals surface area contributed by atoms with Crippen LogP contribution in [0.25, 0.3) is 0 Å². The van der Waals surface area contributed by atoms with E-state index in [0.29, 0.717) is 6.04 Å². The summed E-state index contributed by atoms with van der Waals surface area (Å²) in [5.41, 5.74) is 2.77. The van der Waals surface area contributed by atoms with Crippen molar-refractivity contribution in [3.63, 3.8) is 0 Å². The van der Waals surface area contributed by atoms with E-state index in [1.54, 1.807) is 0 Å². The Hall–Kier alpha value is -0.310. The molecular formula is C13H15BrClN. The monoisotopic (exact) mass is 299 g/mol. The van der Waals surface area contributed by atoms with E-state index in [2.05, 4.69) is 39.5 Å². The summed E-state index contributed by atoms with van der Waals surface area (Å²) < 4.78 is 0.963. The lowest BCUT2D eigenvalue weighted by Crippen LogP contribution is -2.17. The van der Waals surface area contributed by atoms with Crippen molar-refractivity contribution in [1.82, 2.24) is 5.32 Å². The highest BCUT2D eigenvalue weighted by Gasteiger charge is 2.17. The van der Waals surface area contributed by atoms with E-state index in [-0.39, 0.29) is 0 Å². The summed E-state index contributed by atoms with van der Waals surface area (Å²) in [7, 11) is 2.01. The second-order valence-corrected chi connectivity index (χ2v) is 5.33. The summed E-state index contributed by atoms with van der Waals surface area (Å²) in [5, 5.41) is 4.14. The normalized spacial score (nSPS) is 17.3. The maximum absolute atomic E-state index is 6.01. The number of allylic oxidation sites excluding steroid dienone is 1. The van der Waals surface area contributed by atoms with Crippen molar-refractivity contribution >= 4 is 27.5 Å². The van der Waals surface area contributed by atoms with E-state index in [9.17, 15) is 0 Å². The van der Waals surface area contributed by atoms with Gasteiger partial charge in [-0.2, -0.15) is 0 Å². The van der Waals surface area contributed by atoms with Crippen LogP contribution in [-0.2, 0) is 0 Å². The maximum atomic E-state index is 6.01. The van der Waals surface area contributed by atoms with Gasteiger partial charge in [-0.1, -0.05) is 29.3 Å². The average molecular weight is 301 g/mol. The molecule has 1 unspecified atom stereocenters. The Bertz CT molecular complexity index is 414. The molecule has 1 aliphatic rings. The van der Waals surface area contributed by atoms with Crippen molar-refractivity contribution in [3.8, 4) is 0 Å². The molecule has 0 saturated heterocycles. The van der Waals surface area contributed by atoms with Crippen LogP contribution in [0.3, 0.4) is 0 Å². The number of hydrogen-bond donors (Lipinski definition) is 1. The average Bonchev–Trinajstić information content (AvgIpc) is 2.78. The largest absolute Gasteiger partial charge is 0.310 e. The first-order valence-electron chi connectivity index (χ1n) is 5.53. The molecule has 1 aliphatic carbocycles. The third kappa shape index (κ3) is 2.50. The first-order valence-corrected chi connectivity index (χ1v) is 6.70. The van der Waals surface area contributed by atoms with Crippen molar-refractivity contribution < 1.29 is 0 Å². The molecule has 0 heterocycles. The Labute approximate surface area is 110 Å². The highest BCUT2D eigenvalue weighted by Crippen LogP contribution is 2.33. The van der Waals surface area contributed by atoms with E-state index >= 15 is 0 Å². The smallest absolute Gasteiger partial charge is 0.0548 e. The van der Waals surface area contributed by atoms with Crippen molar-refractivity contribution in [2.75, 3.05) is 7.05 Å². The Morgan fingerprint density at radius 2 is 2.25 bits per heavy atom. The van der Waals surface area contributed by atoms with Crippen molar-refractivity contribution in [2.24, 2.45) is 0 Å². The molecule has 0 radical (unpaired) electrons. The predicted molar refractivity (Wildman–Crippen MR) is 72.9 cm³/mol. The lowest BCUT2D eigenvalue weighted by Gasteiger charge is -2.18. The van der Waals surface area contributed by atoms with Gasteiger partial charge in [-0.25, -0.2) is 0 Å². The molecule has 0 amide bonds. The van der Waals surface area contributed by atoms with Crippen molar-refractivity contribution in [3.05, 3.63) is 44.9 Å². The zero-order valence-electron chi connectivity index (χ0n) is 9.26. The third-order valence-electron chi connectivity index (χ3n) is 3.01. The lowest BCUT2D eigenvalue weighted by molar-refractivity contribution is 0.655. The van der Waals surface area contributed by atoms with Crippen LogP contribution in [-0.4, -0.2) is 7.05 Å². The van der Waals surface area contributed by atoms with E-state index in [1.807, 2.05) is 13.1 Å². The molecule has 3 heteroatoms. The van der Waals surface area contributed by atoms with E-state index in [0.717, 1.165) is 9.50 Å². The maximum Gasteiger partial charge on any atom is 0.0548 e. The summed E-state index contributed by atoms with van der Waals surface area (Å²) in [4.78, 5) is 0. The van der Waals surface area contributed by atoms with Crippen molar-refractivity contribution in [2.45, 2.75) is 25.3 Å². The van der Waals surface area contributed by atoms with Gasteiger partial charge in [-0.3, -0.25) is 0 Å². The number of hydrogen-bond acceptors (Lipinski definition) is 1. The second-order valence-electron chi connectivity index (χ2n) is 4.07. The van der Waals surface area contributed by atoms with Gasteiger partial charge in [-0.05, 0) is 59.9 Å². The van der Waals surface area contributed by atoms with Gasteiger partial charge in [-0.15, -0.1) is 0 Å². The van der Waals surface area contributed by atoms with Gasteiger partial charge in [0.05, 0.1) is 11.1 Å². The SMILES string of the molecule is CNC(C1=CCCC1)c1ccc(Cl)c(Br)c1. The fraction of sp³-hybridized carbons (Fsp3) is 0.385. The van der Waals surface area contributed by atoms with E-state index < -0.39 is 0 Å². The van der Waals surface area contributed by atoms with Crippen LogP contribution in [0, 0.1) is 0 Å². The summed E-state index contributed by atoms with van der Waals surface area (Å²) in [6.07, 6.45) is 6.04. The molecular weight excluding hydrogens is 286 g/mol. The molecule has 1 nitrogen and oxygen atoms in total. The quantitative estimate of drug-likeness (QED) is 0.812. The molecule has 2 rings (SSSR count). The minimum absolute atomic E-state index is 0.330. The van der Waals surface area contributed by atoms with Gasteiger partial charge in [0, 0.05) is 4.47 Å². The number of nitrogens with one attached hydrogen (secondary N) is 1. The van der Waals surface area contributed by atoms with Gasteiger partial charge in [0.15, 0.2) is 0 Å². The van der Waals surface area contributed by atoms with Gasteiger partial charge in [0.25, 0.3) is 0 Å². The van der Waals surface area contributed by atoms with Crippen LogP contribution in [0.5, 0.6) is 0 Å². The van der Waals surface area contributed by atoms with E-state index in [1.165, 1.54) is 30.4 Å². The Kier molecular flexibility index (Phi) is 4.06. The fourth-order valence-corrected chi connectivity index (χ4v) is 2.73. The highest BCUT2D eigenvalue weighted by molar-refractivity contribution is 9.10. The topological polar surface area (TPSA) is 12.0 Å². The molecule has 16 heavy (non-hydrogen) atoms. The molecule has 1 aromatic rings. The van der Waals surface area contributed by atoms with Crippen LogP contribution in [0.4, 0.5) is 0 Å². The molecule has 1 atom stereocenters. The van der Waals surface area contributed by atoms with Crippen LogP contribution >= 0.6 is 27.5 Å². The van der Waals surface area contributed by atoms with Gasteiger partial charge in [0.2, 0.25) is 0 Å². The van der Waals surface area contributed by atoms with Gasteiger partial charge in [0.1, 0.15) is 0 Å². The molecule has 0 bridgehead atoms. The molecule has 0 saturated carbocycles. The lowest BCUT2D eigenvalue weighted by atomic mass is 9.98. The zero-order valence-corrected chi connectivity index (χ0v) is 11.6. The molecule has 1 aromatic carbocycles. The summed E-state index contributed by atoms with van der Waals surface area (Å²) in [6, 6.07) is 6.47. The van der Waals surface area contributed by atoms with E-state index in [4.69, 9.17) is 11.6 Å². The van der Waals surface area contributed by atoms with Crippen LogP contribution in [0.15, 0.2) is 34.3 Å². The standard InChI is InChI=1S/C13H15BrClN/c1-16-13(9-4-2-3-5-9)10-6-7-12(15)11(14)8-10/h4,6-8,13,16H,2-3,5H2,1H3. The fourth-order valence-electron chi connectivity index (χ4n) is 2.22. The first-order chi connectivity index (χ1) is 7.72. The number of rotatable bonds is 3. The third-order valence-corrected chi connectivity index (χ3v) is 4.23. The summed E-state index contributed by atoms with van der Waals surface area (Å²) >= 11 is 9.48. The molecule has 0 fully saturated rings. The molecule has 1 N–H and O–H groups in total. The Morgan fingerprint density at radius 1 is 1.44 bits per heavy atom. The molecule has 0 aliphatic heterocycles. The minimum atomic E-state index is 0.330. The predicted octanol–water partition coefficient (Wildman–Crippen LogP) is 4.47. The van der Waals surface area contributed by atoms with Gasteiger partial charge < -0.3 is 5.32 Å². The number of likely N-dealkylation sites (N-methyl/N-ethyl adjacent to an activating group) is 1. The van der Waals surface area contributed by atoms with Gasteiger partial charge >= 0.3 is 0 Å². The van der Waals surface area contributed by atoms with Crippen LogP contribution in [0.2, 0.25) is 5.02 Å². The summed E-state index contributed by atoms with van der Waals surface area (Å²) in [5.74, 6) is 0. The Balaban J connectivity index is 2.29. The number of halogens is 2. The minimum Gasteiger partial charge on any atom is -0.310 e. The van der Waals surface area contributed by atoms with Crippen molar-refractivity contribution in [1.29, 1.82) is 0 Å². The Morgan fingerprint density at radius 3 is 2.81 bits per heavy atom. The second kappa shape index (κ2) is 5.35. The molecule has 86 valence electrons. The summed E-state index contributed by atoms with van der Waals surface area (Å²) in [6.45, 7) is 0. The molecule has 0 spiro atoms. The van der Waals surface area contributed by atoms with Crippen LogP contribution < -0.4 is 5.32 Å².